The van der Waals surface area contributed by atoms with Crippen molar-refractivity contribution in [2.75, 3.05) is 18.1 Å². The van der Waals surface area contributed by atoms with Crippen LogP contribution in [0.4, 0.5) is 5.69 Å². The molecule has 0 saturated carbocycles. The topological polar surface area (TPSA) is 56.6 Å². The molecule has 4 nitrogen and oxygen atoms in total. The number of hydrogen-bond donors (Lipinski definition) is 2. The van der Waals surface area contributed by atoms with Gasteiger partial charge in [-0.05, 0) is 31.4 Å². The molecule has 1 aromatic heterocycles. The first kappa shape index (κ1) is 15.9. The van der Waals surface area contributed by atoms with Crippen LogP contribution in [-0.4, -0.2) is 34.4 Å². The first-order chi connectivity index (χ1) is 9.17. The fourth-order valence-corrected chi connectivity index (χ4v) is 2.33. The van der Waals surface area contributed by atoms with E-state index in [-0.39, 0.29) is 6.61 Å². The number of aromatic nitrogens is 1. The van der Waals surface area contributed by atoms with Crippen LogP contribution in [0.15, 0.2) is 18.3 Å². The normalized spacial score (nSPS) is 12.7. The van der Waals surface area contributed by atoms with Crippen molar-refractivity contribution < 1.29 is 10.2 Å². The fraction of sp³-hybridized carbons (Fsp3) is 0.667. The third-order valence-corrected chi connectivity index (χ3v) is 3.55. The number of anilines is 1. The Balaban J connectivity index is 2.90. The molecule has 2 N–H and O–H groups in total. The van der Waals surface area contributed by atoms with Gasteiger partial charge in [0.15, 0.2) is 0 Å². The molecular formula is C15H26N2O2. The summed E-state index contributed by atoms with van der Waals surface area (Å²) in [6.07, 6.45) is 4.04. The summed E-state index contributed by atoms with van der Waals surface area (Å²) in [5.74, 6) is 0. The van der Waals surface area contributed by atoms with Crippen LogP contribution in [0.1, 0.15) is 51.8 Å². The number of hydrogen-bond acceptors (Lipinski definition) is 4. The van der Waals surface area contributed by atoms with E-state index in [1.54, 1.807) is 6.20 Å². The van der Waals surface area contributed by atoms with E-state index in [2.05, 4.69) is 23.7 Å². The lowest BCUT2D eigenvalue weighted by Crippen LogP contribution is -2.36. The van der Waals surface area contributed by atoms with Crippen molar-refractivity contribution in [2.24, 2.45) is 0 Å². The minimum absolute atomic E-state index is 0.135. The molecular weight excluding hydrogens is 240 g/mol. The van der Waals surface area contributed by atoms with E-state index in [1.807, 2.05) is 19.1 Å². The van der Waals surface area contributed by atoms with Crippen molar-refractivity contribution in [3.05, 3.63) is 24.0 Å². The van der Waals surface area contributed by atoms with Gasteiger partial charge in [-0.1, -0.05) is 20.8 Å². The average Bonchev–Trinajstić information content (AvgIpc) is 2.47. The quantitative estimate of drug-likeness (QED) is 0.759. The summed E-state index contributed by atoms with van der Waals surface area (Å²) >= 11 is 0. The molecule has 0 aliphatic heterocycles. The highest BCUT2D eigenvalue weighted by Crippen LogP contribution is 2.22. The van der Waals surface area contributed by atoms with E-state index in [0.717, 1.165) is 18.5 Å². The number of rotatable bonds is 8. The summed E-state index contributed by atoms with van der Waals surface area (Å²) in [6, 6.07) is 4.27. The third kappa shape index (κ3) is 4.18. The standard InChI is InChI=1S/C15H26N2O2/c1-4-12(5-2)17(9-10-18)13-7-8-14(16-11-13)15(19)6-3/h7-8,11-12,15,18-19H,4-6,9-10H2,1-3H3/t15-/m0/s1. The van der Waals surface area contributed by atoms with Crippen molar-refractivity contribution in [1.29, 1.82) is 0 Å². The Hall–Kier alpha value is -1.13. The van der Waals surface area contributed by atoms with Gasteiger partial charge in [-0.15, -0.1) is 0 Å². The fourth-order valence-electron chi connectivity index (χ4n) is 2.33. The highest BCUT2D eigenvalue weighted by molar-refractivity contribution is 5.46. The number of pyridine rings is 1. The first-order valence-electron chi connectivity index (χ1n) is 7.19. The van der Waals surface area contributed by atoms with Crippen molar-refractivity contribution in [3.63, 3.8) is 0 Å². The lowest BCUT2D eigenvalue weighted by Gasteiger charge is -2.32. The second-order valence-corrected chi connectivity index (χ2v) is 4.75. The predicted molar refractivity (Wildman–Crippen MR) is 78.3 cm³/mol. The van der Waals surface area contributed by atoms with Gasteiger partial charge in [-0.2, -0.15) is 0 Å². The van der Waals surface area contributed by atoms with Gasteiger partial charge in [0, 0.05) is 12.6 Å². The molecule has 1 aromatic rings. The molecule has 0 saturated heterocycles. The number of aliphatic hydroxyl groups is 2. The van der Waals surface area contributed by atoms with Crippen LogP contribution in [0.2, 0.25) is 0 Å². The average molecular weight is 266 g/mol. The van der Waals surface area contributed by atoms with E-state index in [4.69, 9.17) is 0 Å². The van der Waals surface area contributed by atoms with Crippen LogP contribution in [0.25, 0.3) is 0 Å². The van der Waals surface area contributed by atoms with Crippen LogP contribution in [0.3, 0.4) is 0 Å². The zero-order valence-electron chi connectivity index (χ0n) is 12.2. The van der Waals surface area contributed by atoms with Crippen molar-refractivity contribution in [2.45, 2.75) is 52.2 Å². The summed E-state index contributed by atoms with van der Waals surface area (Å²) in [5, 5.41) is 19.0. The molecule has 0 bridgehead atoms. The van der Waals surface area contributed by atoms with Crippen molar-refractivity contribution in [3.8, 4) is 0 Å². The van der Waals surface area contributed by atoms with E-state index >= 15 is 0 Å². The van der Waals surface area contributed by atoms with Crippen LogP contribution < -0.4 is 4.90 Å². The number of aliphatic hydroxyl groups excluding tert-OH is 2. The van der Waals surface area contributed by atoms with Gasteiger partial charge < -0.3 is 15.1 Å². The van der Waals surface area contributed by atoms with E-state index in [0.29, 0.717) is 24.7 Å². The first-order valence-corrected chi connectivity index (χ1v) is 7.19. The highest BCUT2D eigenvalue weighted by Gasteiger charge is 2.16. The van der Waals surface area contributed by atoms with Crippen LogP contribution in [-0.2, 0) is 0 Å². The molecule has 0 radical (unpaired) electrons. The minimum Gasteiger partial charge on any atom is -0.395 e. The molecule has 0 aromatic carbocycles. The second-order valence-electron chi connectivity index (χ2n) is 4.75. The summed E-state index contributed by atoms with van der Waals surface area (Å²) in [6.45, 7) is 6.99. The predicted octanol–water partition coefficient (Wildman–Crippen LogP) is 2.51. The lowest BCUT2D eigenvalue weighted by molar-refractivity contribution is 0.169. The zero-order valence-corrected chi connectivity index (χ0v) is 12.2. The molecule has 0 amide bonds. The molecule has 1 atom stereocenters. The Labute approximate surface area is 116 Å². The molecule has 0 spiro atoms. The van der Waals surface area contributed by atoms with Crippen LogP contribution >= 0.6 is 0 Å². The molecule has 1 rings (SSSR count). The summed E-state index contributed by atoms with van der Waals surface area (Å²) in [7, 11) is 0. The molecule has 108 valence electrons. The molecule has 0 unspecified atom stereocenters. The molecule has 0 aliphatic carbocycles. The molecule has 19 heavy (non-hydrogen) atoms. The van der Waals surface area contributed by atoms with Crippen molar-refractivity contribution in [1.82, 2.24) is 4.98 Å². The zero-order chi connectivity index (χ0) is 14.3. The minimum atomic E-state index is -0.492. The smallest absolute Gasteiger partial charge is 0.0957 e. The van der Waals surface area contributed by atoms with Gasteiger partial charge in [-0.3, -0.25) is 4.98 Å². The third-order valence-electron chi connectivity index (χ3n) is 3.55. The number of nitrogens with zero attached hydrogens (tertiary/aromatic N) is 2. The van der Waals surface area contributed by atoms with Crippen LogP contribution in [0.5, 0.6) is 0 Å². The Morgan fingerprint density at radius 3 is 2.26 bits per heavy atom. The van der Waals surface area contributed by atoms with Gasteiger partial charge in [0.05, 0.1) is 30.3 Å². The van der Waals surface area contributed by atoms with Gasteiger partial charge in [0.1, 0.15) is 0 Å². The maximum atomic E-state index is 9.75. The largest absolute Gasteiger partial charge is 0.395 e. The Bertz CT molecular complexity index is 350. The molecule has 1 heterocycles. The summed E-state index contributed by atoms with van der Waals surface area (Å²) in [5.41, 5.74) is 1.72. The van der Waals surface area contributed by atoms with Gasteiger partial charge in [-0.25, -0.2) is 0 Å². The van der Waals surface area contributed by atoms with Gasteiger partial charge >= 0.3 is 0 Å². The van der Waals surface area contributed by atoms with Crippen molar-refractivity contribution >= 4 is 5.69 Å². The Morgan fingerprint density at radius 1 is 1.16 bits per heavy atom. The maximum absolute atomic E-state index is 9.75. The van der Waals surface area contributed by atoms with Crippen LogP contribution in [0, 0.1) is 0 Å². The highest BCUT2D eigenvalue weighted by atomic mass is 16.3. The van der Waals surface area contributed by atoms with Gasteiger partial charge in [0.25, 0.3) is 0 Å². The molecule has 0 fully saturated rings. The summed E-state index contributed by atoms with van der Waals surface area (Å²) in [4.78, 5) is 6.52. The Kier molecular flexibility index (Phi) is 6.81. The summed E-state index contributed by atoms with van der Waals surface area (Å²) < 4.78 is 0. The monoisotopic (exact) mass is 266 g/mol. The molecule has 0 aliphatic rings. The molecule has 4 heteroatoms. The SMILES string of the molecule is CCC(CC)N(CCO)c1ccc([C@@H](O)CC)nc1. The lowest BCUT2D eigenvalue weighted by atomic mass is 10.1. The van der Waals surface area contributed by atoms with E-state index in [1.165, 1.54) is 0 Å². The van der Waals surface area contributed by atoms with Gasteiger partial charge in [0.2, 0.25) is 0 Å². The Morgan fingerprint density at radius 2 is 1.84 bits per heavy atom. The maximum Gasteiger partial charge on any atom is 0.0957 e. The van der Waals surface area contributed by atoms with E-state index in [9.17, 15) is 10.2 Å². The van der Waals surface area contributed by atoms with E-state index < -0.39 is 6.10 Å². The second kappa shape index (κ2) is 8.12.